The summed E-state index contributed by atoms with van der Waals surface area (Å²) >= 11 is 0. The highest BCUT2D eigenvalue weighted by Gasteiger charge is 2.30. The Morgan fingerprint density at radius 2 is 1.49 bits per heavy atom. The van der Waals surface area contributed by atoms with Crippen molar-refractivity contribution in [3.63, 3.8) is 0 Å². The van der Waals surface area contributed by atoms with E-state index in [0.29, 0.717) is 6.54 Å². The van der Waals surface area contributed by atoms with Crippen LogP contribution in [0.15, 0.2) is 78.9 Å². The highest BCUT2D eigenvalue weighted by molar-refractivity contribution is 5.42. The zero-order chi connectivity index (χ0) is 25.5. The maximum atomic E-state index is 5.48. The fourth-order valence-electron chi connectivity index (χ4n) is 5.02. The van der Waals surface area contributed by atoms with Gasteiger partial charge >= 0.3 is 0 Å². The van der Waals surface area contributed by atoms with Gasteiger partial charge in [0.15, 0.2) is 17.3 Å². The van der Waals surface area contributed by atoms with Crippen molar-refractivity contribution < 1.29 is 9.47 Å². The van der Waals surface area contributed by atoms with Crippen LogP contribution in [-0.4, -0.2) is 70.4 Å². The van der Waals surface area contributed by atoms with E-state index in [1.165, 1.54) is 11.1 Å². The first kappa shape index (κ1) is 24.9. The van der Waals surface area contributed by atoms with E-state index in [-0.39, 0.29) is 6.04 Å². The van der Waals surface area contributed by atoms with E-state index in [0.717, 1.165) is 62.0 Å². The summed E-state index contributed by atoms with van der Waals surface area (Å²) in [5.41, 5.74) is 3.71. The molecular weight excluding hydrogens is 464 g/mol. The van der Waals surface area contributed by atoms with Gasteiger partial charge in [0.05, 0.1) is 20.3 Å². The lowest BCUT2D eigenvalue weighted by atomic mass is 10.0. The van der Waals surface area contributed by atoms with Gasteiger partial charge in [-0.1, -0.05) is 66.7 Å². The van der Waals surface area contributed by atoms with Crippen LogP contribution >= 0.6 is 0 Å². The number of aryl methyl sites for hydroxylation is 2. The second-order valence-corrected chi connectivity index (χ2v) is 9.31. The van der Waals surface area contributed by atoms with Crippen molar-refractivity contribution in [2.45, 2.75) is 25.6 Å². The van der Waals surface area contributed by atoms with Gasteiger partial charge in [-0.2, -0.15) is 0 Å². The molecule has 0 N–H and O–H groups in total. The number of tetrazole rings is 1. The van der Waals surface area contributed by atoms with Gasteiger partial charge in [-0.25, -0.2) is 4.68 Å². The molecule has 1 saturated heterocycles. The quantitative estimate of drug-likeness (QED) is 0.329. The summed E-state index contributed by atoms with van der Waals surface area (Å²) < 4.78 is 12.8. The number of piperazine rings is 1. The number of hydrogen-bond donors (Lipinski definition) is 0. The van der Waals surface area contributed by atoms with Crippen LogP contribution in [0.25, 0.3) is 0 Å². The highest BCUT2D eigenvalue weighted by atomic mass is 16.5. The molecular formula is C29H34N6O2. The number of rotatable bonds is 10. The van der Waals surface area contributed by atoms with Crippen LogP contribution in [0, 0.1) is 0 Å². The summed E-state index contributed by atoms with van der Waals surface area (Å²) in [4.78, 5) is 5.03. The van der Waals surface area contributed by atoms with Gasteiger partial charge in [0.1, 0.15) is 0 Å². The molecule has 0 aliphatic carbocycles. The molecule has 0 bridgehead atoms. The molecule has 1 aliphatic heterocycles. The predicted molar refractivity (Wildman–Crippen MR) is 143 cm³/mol. The topological polar surface area (TPSA) is 68.5 Å². The molecule has 1 fully saturated rings. The maximum absolute atomic E-state index is 5.48. The summed E-state index contributed by atoms with van der Waals surface area (Å²) in [6.07, 6.45) is 0.782. The Morgan fingerprint density at radius 1 is 0.784 bits per heavy atom. The van der Waals surface area contributed by atoms with Gasteiger partial charge in [0, 0.05) is 39.3 Å². The van der Waals surface area contributed by atoms with Gasteiger partial charge in [-0.05, 0) is 45.7 Å². The van der Waals surface area contributed by atoms with Crippen LogP contribution in [0.1, 0.15) is 28.6 Å². The highest BCUT2D eigenvalue weighted by Crippen LogP contribution is 2.30. The third-order valence-electron chi connectivity index (χ3n) is 7.00. The second kappa shape index (κ2) is 12.0. The lowest BCUT2D eigenvalue weighted by molar-refractivity contribution is 0.100. The van der Waals surface area contributed by atoms with E-state index in [1.807, 2.05) is 16.8 Å². The number of benzene rings is 3. The summed E-state index contributed by atoms with van der Waals surface area (Å²) in [7, 11) is 3.31. The Labute approximate surface area is 218 Å². The van der Waals surface area contributed by atoms with Gasteiger partial charge in [0.2, 0.25) is 0 Å². The maximum Gasteiger partial charge on any atom is 0.173 e. The van der Waals surface area contributed by atoms with Gasteiger partial charge in [-0.15, -0.1) is 5.10 Å². The molecule has 1 aromatic heterocycles. The summed E-state index contributed by atoms with van der Waals surface area (Å²) in [6, 6.07) is 27.3. The van der Waals surface area contributed by atoms with Crippen molar-refractivity contribution in [2.75, 3.05) is 40.4 Å². The molecule has 8 nitrogen and oxygen atoms in total. The van der Waals surface area contributed by atoms with Gasteiger partial charge in [-0.3, -0.25) is 9.80 Å². The lowest BCUT2D eigenvalue weighted by Crippen LogP contribution is -2.48. The zero-order valence-electron chi connectivity index (χ0n) is 21.5. The molecule has 0 saturated carbocycles. The summed E-state index contributed by atoms with van der Waals surface area (Å²) in [5.74, 6) is 2.33. The van der Waals surface area contributed by atoms with E-state index in [2.05, 4.69) is 92.1 Å². The van der Waals surface area contributed by atoms with Crippen molar-refractivity contribution in [1.82, 2.24) is 30.0 Å². The monoisotopic (exact) mass is 498 g/mol. The molecule has 3 aromatic carbocycles. The molecule has 192 valence electrons. The average molecular weight is 499 g/mol. The van der Waals surface area contributed by atoms with Crippen LogP contribution in [-0.2, 0) is 19.5 Å². The van der Waals surface area contributed by atoms with E-state index < -0.39 is 0 Å². The normalized spacial score (nSPS) is 15.4. The molecule has 37 heavy (non-hydrogen) atoms. The largest absolute Gasteiger partial charge is 0.493 e. The number of nitrogens with zero attached hydrogens (tertiary/aromatic N) is 6. The molecule has 1 atom stereocenters. The molecule has 0 radical (unpaired) electrons. The number of aromatic nitrogens is 4. The van der Waals surface area contributed by atoms with Crippen molar-refractivity contribution in [1.29, 1.82) is 0 Å². The van der Waals surface area contributed by atoms with Crippen LogP contribution in [0.3, 0.4) is 0 Å². The van der Waals surface area contributed by atoms with Crippen molar-refractivity contribution in [2.24, 2.45) is 0 Å². The third kappa shape index (κ3) is 5.98. The molecule has 0 spiro atoms. The van der Waals surface area contributed by atoms with Crippen molar-refractivity contribution >= 4 is 0 Å². The Kier molecular flexibility index (Phi) is 8.08. The van der Waals surface area contributed by atoms with Gasteiger partial charge in [0.25, 0.3) is 0 Å². The first-order chi connectivity index (χ1) is 18.2. The molecule has 0 unspecified atom stereocenters. The molecule has 8 heteroatoms. The van der Waals surface area contributed by atoms with E-state index in [4.69, 9.17) is 9.47 Å². The number of ether oxygens (including phenoxy) is 2. The number of methoxy groups -OCH3 is 2. The van der Waals surface area contributed by atoms with E-state index in [9.17, 15) is 0 Å². The summed E-state index contributed by atoms with van der Waals surface area (Å²) in [6.45, 7) is 5.57. The van der Waals surface area contributed by atoms with E-state index in [1.54, 1.807) is 14.2 Å². The minimum Gasteiger partial charge on any atom is -0.493 e. The Bertz CT molecular complexity index is 1260. The van der Waals surface area contributed by atoms with Crippen LogP contribution < -0.4 is 9.47 Å². The van der Waals surface area contributed by atoms with Crippen LogP contribution in [0.4, 0.5) is 0 Å². The minimum absolute atomic E-state index is 0.000443. The Hall–Kier alpha value is -3.75. The van der Waals surface area contributed by atoms with Crippen molar-refractivity contribution in [3.8, 4) is 11.5 Å². The van der Waals surface area contributed by atoms with Crippen LogP contribution in [0.2, 0.25) is 0 Å². The smallest absolute Gasteiger partial charge is 0.173 e. The molecule has 2 heterocycles. The Morgan fingerprint density at radius 3 is 2.19 bits per heavy atom. The second-order valence-electron chi connectivity index (χ2n) is 9.31. The first-order valence-electron chi connectivity index (χ1n) is 12.8. The number of hydrogen-bond acceptors (Lipinski definition) is 7. The minimum atomic E-state index is 0.000443. The average Bonchev–Trinajstić information content (AvgIpc) is 3.42. The first-order valence-corrected chi connectivity index (χ1v) is 12.8. The van der Waals surface area contributed by atoms with E-state index >= 15 is 0 Å². The fraction of sp³-hybridized carbons (Fsp3) is 0.345. The Balaban J connectivity index is 1.32. The summed E-state index contributed by atoms with van der Waals surface area (Å²) in [5, 5.41) is 13.0. The van der Waals surface area contributed by atoms with Crippen molar-refractivity contribution in [3.05, 3.63) is 101 Å². The predicted octanol–water partition coefficient (Wildman–Crippen LogP) is 3.84. The third-order valence-corrected chi connectivity index (χ3v) is 7.00. The van der Waals surface area contributed by atoms with Crippen LogP contribution in [0.5, 0.6) is 11.5 Å². The molecule has 4 aromatic rings. The standard InChI is InChI=1S/C29H34N6O2/c1-36-26-14-13-23(21-27(26)37-2)15-16-35-29(30-31-32-35)28(25-11-7-4-8-12-25)34-19-17-33(18-20-34)22-24-9-5-3-6-10-24/h3-14,21,28H,15-20,22H2,1-2H3/t28-/m1/s1. The molecule has 1 aliphatic rings. The zero-order valence-corrected chi connectivity index (χ0v) is 21.5. The SMILES string of the molecule is COc1ccc(CCn2nnnc2[C@@H](c2ccccc2)N2CCN(Cc3ccccc3)CC2)cc1OC. The molecule has 5 rings (SSSR count). The fourth-order valence-corrected chi connectivity index (χ4v) is 5.02. The van der Waals surface area contributed by atoms with Gasteiger partial charge < -0.3 is 9.47 Å². The molecule has 0 amide bonds. The lowest BCUT2D eigenvalue weighted by Gasteiger charge is -2.39.